The summed E-state index contributed by atoms with van der Waals surface area (Å²) in [6.45, 7) is 35.6. The van der Waals surface area contributed by atoms with Crippen LogP contribution in [0.5, 0.6) is 0 Å². The molecule has 0 heterocycles. The van der Waals surface area contributed by atoms with Gasteiger partial charge in [0.1, 0.15) is 17.3 Å². The third-order valence-electron chi connectivity index (χ3n) is 54.0. The van der Waals surface area contributed by atoms with Gasteiger partial charge in [0.05, 0.1) is 48.5 Å². The van der Waals surface area contributed by atoms with Crippen molar-refractivity contribution in [1.29, 1.82) is 15.8 Å². The molecule has 0 bridgehead atoms. The van der Waals surface area contributed by atoms with Crippen LogP contribution in [0.2, 0.25) is 0 Å². The molecule has 0 amide bonds. The van der Waals surface area contributed by atoms with Crippen LogP contribution in [0.25, 0.3) is 0 Å². The van der Waals surface area contributed by atoms with E-state index in [4.69, 9.17) is 0 Å². The van der Waals surface area contributed by atoms with E-state index in [1.165, 1.54) is 276 Å². The number of nitriles is 3. The van der Waals surface area contributed by atoms with Gasteiger partial charge >= 0.3 is 0 Å². The number of hydrogen-bond acceptors (Lipinski definition) is 10. The predicted octanol–water partition coefficient (Wildman–Crippen LogP) is 30.8. The number of carbonyl (C=O) groups is 3. The molecule has 24 rings (SSSR count). The van der Waals surface area contributed by atoms with Crippen molar-refractivity contribution in [2.75, 3.05) is 0 Å². The molecule has 0 spiro atoms. The van der Waals surface area contributed by atoms with Gasteiger partial charge in [-0.3, -0.25) is 14.4 Å². The molecule has 0 unspecified atom stereocenters. The largest absolute Gasteiger partial charge is 0.393 e. The van der Waals surface area contributed by atoms with E-state index in [0.717, 1.165) is 249 Å². The van der Waals surface area contributed by atoms with Crippen LogP contribution in [0, 0.1) is 265 Å². The van der Waals surface area contributed by atoms with E-state index < -0.39 is 0 Å². The number of nitrogens with zero attached hydrogens (tertiary/aromatic N) is 3. The molecule has 22 saturated carbocycles. The van der Waals surface area contributed by atoms with E-state index >= 15 is 0 Å². The third-order valence-corrected chi connectivity index (χ3v) is 54.0. The second-order valence-corrected chi connectivity index (χ2v) is 56.7. The SMILES string of the molecule is CC[C@]12CC[C@@H](C)C[C@@H]1CC[C@@H]1[C@@H]2CC[C@]2(C)C(=O)CC[C@@H]12.CC[C@]12CC[C@@H](C)C[C@@H]1CC[C@@H]1[C@@H]2CC[C@]2(C)C(C#N)=CC[C@@H]12.CC[C@]12CC[C@@H](O)C[C@@H]1CC[C@@H]1[C@@H]2CC[C@]2(C)C(=O)CC[C@@H]12.CC[C@]12CC[C@@H](O)C[C@@H]1CC[C@@H]1[C@@H]2CC[C@]2(C)C(C#N)=CC[C@@H]12.CC[C@]12CC[C@@H](O)C[C@@H]1CC[C@H]1[C@@H]3CC[C@H](C#N)[C@@]3(C)CC[C@@H]12.CC[C@]12CC[C@@H](O)C[C@@H]1CC[C@H]1[C@@H]3CC[C@H](C(C)=O)[C@@]3(C)CC[C@@H]12. The lowest BCUT2D eigenvalue weighted by molar-refractivity contribution is -0.146. The summed E-state index contributed by atoms with van der Waals surface area (Å²) in [5, 5.41) is 69.4. The van der Waals surface area contributed by atoms with Gasteiger partial charge in [0.25, 0.3) is 0 Å². The van der Waals surface area contributed by atoms with E-state index in [-0.39, 0.29) is 51.5 Å². The normalized spacial score (nSPS) is 53.7. The van der Waals surface area contributed by atoms with Crippen LogP contribution < -0.4 is 0 Å². The number of rotatable bonds is 7. The van der Waals surface area contributed by atoms with Crippen molar-refractivity contribution < 1.29 is 34.8 Å². The van der Waals surface area contributed by atoms with E-state index in [1.807, 2.05) is 6.92 Å². The minimum Gasteiger partial charge on any atom is -0.393 e. The number of hydrogen-bond donors (Lipinski definition) is 4. The molecule has 22 fully saturated rings. The number of ketones is 3. The molecular formula is C127H199N3O7. The average Bonchev–Trinajstić information content (AvgIpc) is 1.68. The van der Waals surface area contributed by atoms with Crippen molar-refractivity contribution in [3.63, 3.8) is 0 Å². The molecule has 4 N–H and O–H groups in total. The molecule has 764 valence electrons. The monoisotopic (exact) mass is 1880 g/mol. The minimum atomic E-state index is -0.0526. The maximum atomic E-state index is 12.5. The highest BCUT2D eigenvalue weighted by molar-refractivity contribution is 5.87. The Bertz CT molecular complexity index is 4280. The fourth-order valence-electron chi connectivity index (χ4n) is 46.8. The molecule has 0 saturated heterocycles. The van der Waals surface area contributed by atoms with Gasteiger partial charge in [-0.05, 0) is 551 Å². The first-order chi connectivity index (χ1) is 65.6. The second kappa shape index (κ2) is 39.1. The van der Waals surface area contributed by atoms with Gasteiger partial charge in [0, 0.05) is 51.6 Å². The highest BCUT2D eigenvalue weighted by Crippen LogP contribution is 2.76. The Hall–Kier alpha value is -3.20. The van der Waals surface area contributed by atoms with Crippen molar-refractivity contribution in [2.45, 2.75) is 501 Å². The summed E-state index contributed by atoms with van der Waals surface area (Å²) in [5.74, 6) is 23.9. The van der Waals surface area contributed by atoms with Crippen molar-refractivity contribution >= 4 is 17.3 Å². The highest BCUT2D eigenvalue weighted by atomic mass is 16.3. The van der Waals surface area contributed by atoms with Crippen LogP contribution in [0.4, 0.5) is 0 Å². The Morgan fingerprint density at radius 1 is 0.307 bits per heavy atom. The fourth-order valence-corrected chi connectivity index (χ4v) is 46.8. The lowest BCUT2D eigenvalue weighted by Crippen LogP contribution is -2.55. The average molecular weight is 1880 g/mol. The van der Waals surface area contributed by atoms with Gasteiger partial charge in [-0.25, -0.2) is 0 Å². The van der Waals surface area contributed by atoms with Crippen molar-refractivity contribution in [3.05, 3.63) is 23.3 Å². The van der Waals surface area contributed by atoms with E-state index in [9.17, 15) is 50.6 Å². The first kappa shape index (κ1) is 102. The zero-order chi connectivity index (χ0) is 96.9. The summed E-state index contributed by atoms with van der Waals surface area (Å²) in [5.41, 5.74) is 6.47. The van der Waals surface area contributed by atoms with Crippen LogP contribution in [0.1, 0.15) is 476 Å². The zero-order valence-corrected chi connectivity index (χ0v) is 90.0. The van der Waals surface area contributed by atoms with Crippen molar-refractivity contribution in [3.8, 4) is 18.2 Å². The number of Topliss-reactive ketones (excluding diaryl/α,β-unsaturated/α-hetero) is 3. The predicted molar refractivity (Wildman–Crippen MR) is 552 cm³/mol. The summed E-state index contributed by atoms with van der Waals surface area (Å²) < 4.78 is 0. The van der Waals surface area contributed by atoms with E-state index in [0.29, 0.717) is 78.9 Å². The molecule has 10 nitrogen and oxygen atoms in total. The van der Waals surface area contributed by atoms with Crippen LogP contribution in [-0.4, -0.2) is 62.2 Å². The van der Waals surface area contributed by atoms with Gasteiger partial charge in [-0.1, -0.05) is 122 Å². The fraction of sp³-hybridized carbons (Fsp3) is 0.921. The topological polar surface area (TPSA) is 203 Å². The van der Waals surface area contributed by atoms with Gasteiger partial charge < -0.3 is 20.4 Å². The molecule has 0 aromatic carbocycles. The highest BCUT2D eigenvalue weighted by Gasteiger charge is 2.69. The Morgan fingerprint density at radius 3 is 0.898 bits per heavy atom. The summed E-state index contributed by atoms with van der Waals surface area (Å²) in [7, 11) is 0. The molecule has 10 heteroatoms. The molecular weight excluding hydrogens is 1680 g/mol. The number of allylic oxidation sites excluding steroid dienone is 4. The van der Waals surface area contributed by atoms with Crippen molar-refractivity contribution in [2.24, 2.45) is 231 Å². The number of aliphatic hydroxyl groups excluding tert-OH is 4. The van der Waals surface area contributed by atoms with Gasteiger partial charge in [0.2, 0.25) is 0 Å². The number of aliphatic hydroxyl groups is 4. The molecule has 137 heavy (non-hydrogen) atoms. The Kier molecular flexibility index (Phi) is 29.2. The Labute approximate surface area is 835 Å². The molecule has 0 radical (unpaired) electrons. The molecule has 0 aromatic heterocycles. The Morgan fingerprint density at radius 2 is 0.584 bits per heavy atom. The van der Waals surface area contributed by atoms with Crippen LogP contribution in [0.3, 0.4) is 0 Å². The first-order valence-corrected chi connectivity index (χ1v) is 60.5. The summed E-state index contributed by atoms with van der Waals surface area (Å²) in [4.78, 5) is 37.1. The molecule has 24 aliphatic rings. The molecule has 24 aliphatic carbocycles. The Balaban J connectivity index is 0.000000105. The van der Waals surface area contributed by atoms with E-state index in [2.05, 4.69) is 127 Å². The summed E-state index contributed by atoms with van der Waals surface area (Å²) in [6, 6.07) is 7.71. The quantitative estimate of drug-likeness (QED) is 0.190. The lowest BCUT2D eigenvalue weighted by atomic mass is 9.43. The standard InChI is InChI=1S/C22H33N.C22H36O2.C21H33NO.C21H31NO.C21H34O.C20H32O2/c1-4-22-12-9-15(2)13-16(22)5-7-18-19-8-6-17(14-23)21(19,3)11-10-20(18)22;1-4-22-12-9-16(24)13-15(22)5-6-17-19-8-7-18(14(2)23)21(19,3)11-10-20(17)22;2*1-3-21-11-8-16(23)12-14(21)4-6-17-18-7-5-15(13-22)20(18,2)10-9-19(17)21;1-4-21-12-9-14(2)13-15(21)5-6-16-17-7-8-19(22)20(17,3)11-10-18(16)21;1-3-20-11-8-14(21)12-13(20)4-5-15-16-6-7-18(22)19(16,2)10-9-17(15)20/h6,15-16,18-20H,4-5,7-13H2,1-3H3;15-20,24H,4-13H2,1-3H3;14-19,23H,3-12H2,1-2H3;5,14,16-19,23H,3-4,6-12H2,1-2H3;14-18H,4-13H2,1-3H3;13-17,21H,3-12H2,1-2H3/t15-,16+,18+,19+,20+,21-,22+;15-,16+,17-,18+,19-,20-,21+,22-;14-,15+,16+,17-,18-,19-,20+,21-;14-,16+,17-,18-,19-,20+,21-;14-,15+,16+,17+,18+,20+,21+;13-,14+,15-,16-,17-,19-,20-/m100010/s1. The minimum absolute atomic E-state index is 0.0110. The van der Waals surface area contributed by atoms with Crippen LogP contribution in [0.15, 0.2) is 23.3 Å². The van der Waals surface area contributed by atoms with Gasteiger partial charge in [-0.2, -0.15) is 15.8 Å². The molecule has 0 aliphatic heterocycles. The maximum Gasteiger partial charge on any atom is 0.139 e. The van der Waals surface area contributed by atoms with E-state index in [1.54, 1.807) is 0 Å². The lowest BCUT2D eigenvalue weighted by Gasteiger charge is -2.62. The molecule has 44 atom stereocenters. The summed E-state index contributed by atoms with van der Waals surface area (Å²) >= 11 is 0. The third kappa shape index (κ3) is 16.3. The van der Waals surface area contributed by atoms with Crippen molar-refractivity contribution in [1.82, 2.24) is 0 Å². The molecule has 0 aromatic rings. The van der Waals surface area contributed by atoms with Gasteiger partial charge in [-0.15, -0.1) is 0 Å². The summed E-state index contributed by atoms with van der Waals surface area (Å²) in [6.07, 6.45) is 77.4. The zero-order valence-electron chi connectivity index (χ0n) is 90.0. The second-order valence-electron chi connectivity index (χ2n) is 56.7. The van der Waals surface area contributed by atoms with Gasteiger partial charge in [0.15, 0.2) is 0 Å². The first-order valence-electron chi connectivity index (χ1n) is 60.5. The van der Waals surface area contributed by atoms with Crippen LogP contribution in [-0.2, 0) is 14.4 Å². The van der Waals surface area contributed by atoms with Crippen LogP contribution >= 0.6 is 0 Å². The smallest absolute Gasteiger partial charge is 0.139 e. The number of fused-ring (bicyclic) bond motifs is 30. The maximum absolute atomic E-state index is 12.5. The number of carbonyl (C=O) groups excluding carboxylic acids is 3.